The topological polar surface area (TPSA) is 49.9 Å². The zero-order valence-electron chi connectivity index (χ0n) is 17.0. The van der Waals surface area contributed by atoms with Crippen molar-refractivity contribution in [2.45, 2.75) is 57.9 Å². The van der Waals surface area contributed by atoms with Crippen LogP contribution in [0.5, 0.6) is 5.75 Å². The molecule has 5 nitrogen and oxygen atoms in total. The summed E-state index contributed by atoms with van der Waals surface area (Å²) < 4.78 is 5.19. The lowest BCUT2D eigenvalue weighted by atomic mass is 9.70. The number of hydrogen-bond donors (Lipinski definition) is 0. The number of likely N-dealkylation sites (tertiary alicyclic amines) is 2. The summed E-state index contributed by atoms with van der Waals surface area (Å²) in [7, 11) is 1.66. The Bertz CT molecular complexity index is 701. The van der Waals surface area contributed by atoms with Crippen molar-refractivity contribution in [3.63, 3.8) is 0 Å². The van der Waals surface area contributed by atoms with Gasteiger partial charge in [0.15, 0.2) is 0 Å². The Morgan fingerprint density at radius 2 is 1.79 bits per heavy atom. The van der Waals surface area contributed by atoms with E-state index < -0.39 is 0 Å². The molecule has 1 aromatic carbocycles. The number of benzene rings is 1. The number of β-lactam (4-membered cyclic amide) rings is 1. The Hall–Kier alpha value is -2.04. The molecule has 0 atom stereocenters. The fourth-order valence-corrected chi connectivity index (χ4v) is 5.15. The summed E-state index contributed by atoms with van der Waals surface area (Å²) in [6.45, 7) is 2.97. The largest absolute Gasteiger partial charge is 0.497 e. The molecular weight excluding hydrogens is 352 g/mol. The Morgan fingerprint density at radius 1 is 1.11 bits per heavy atom. The van der Waals surface area contributed by atoms with E-state index in [-0.39, 0.29) is 11.3 Å². The fourth-order valence-electron chi connectivity index (χ4n) is 5.15. The molecule has 3 aliphatic rings. The number of piperidine rings is 1. The van der Waals surface area contributed by atoms with E-state index in [0.717, 1.165) is 43.8 Å². The van der Waals surface area contributed by atoms with Crippen molar-refractivity contribution < 1.29 is 14.3 Å². The number of rotatable bonds is 5. The zero-order chi connectivity index (χ0) is 19.6. The van der Waals surface area contributed by atoms with Gasteiger partial charge in [0.05, 0.1) is 12.5 Å². The SMILES string of the molecule is COc1ccc(CN2CC3(CCN(C(=O)CC4CCCCC4)CC3)C2=O)cc1. The molecule has 152 valence electrons. The highest BCUT2D eigenvalue weighted by Gasteiger charge is 2.53. The molecule has 1 aliphatic carbocycles. The van der Waals surface area contributed by atoms with Crippen molar-refractivity contribution in [1.29, 1.82) is 0 Å². The van der Waals surface area contributed by atoms with Gasteiger partial charge in [-0.05, 0) is 49.3 Å². The summed E-state index contributed by atoms with van der Waals surface area (Å²) in [6, 6.07) is 7.91. The Balaban J connectivity index is 1.25. The molecule has 0 unspecified atom stereocenters. The first-order valence-corrected chi connectivity index (χ1v) is 10.8. The number of ether oxygens (including phenoxy) is 1. The average Bonchev–Trinajstić information content (AvgIpc) is 2.75. The second kappa shape index (κ2) is 8.14. The van der Waals surface area contributed by atoms with E-state index >= 15 is 0 Å². The van der Waals surface area contributed by atoms with Crippen LogP contribution < -0.4 is 4.74 Å². The van der Waals surface area contributed by atoms with Crippen molar-refractivity contribution >= 4 is 11.8 Å². The third-order valence-corrected chi connectivity index (χ3v) is 7.03. The second-order valence-electron chi connectivity index (χ2n) is 8.88. The van der Waals surface area contributed by atoms with Gasteiger partial charge in [-0.25, -0.2) is 0 Å². The Kier molecular flexibility index (Phi) is 5.61. The molecule has 1 saturated carbocycles. The molecule has 4 rings (SSSR count). The minimum absolute atomic E-state index is 0.214. The standard InChI is InChI=1S/C23H32N2O3/c1-28-20-9-7-19(8-10-20)16-25-17-23(22(25)27)11-13-24(14-12-23)21(26)15-18-5-3-2-4-6-18/h7-10,18H,2-6,11-17H2,1H3. The van der Waals surface area contributed by atoms with Gasteiger partial charge in [-0.15, -0.1) is 0 Å². The first-order chi connectivity index (χ1) is 13.6. The molecule has 2 amide bonds. The maximum Gasteiger partial charge on any atom is 0.231 e. The molecular formula is C23H32N2O3. The average molecular weight is 385 g/mol. The van der Waals surface area contributed by atoms with Crippen LogP contribution in [-0.4, -0.2) is 48.4 Å². The molecule has 0 aromatic heterocycles. The molecule has 5 heteroatoms. The van der Waals surface area contributed by atoms with Gasteiger partial charge in [0.25, 0.3) is 0 Å². The molecule has 28 heavy (non-hydrogen) atoms. The highest BCUT2D eigenvalue weighted by atomic mass is 16.5. The van der Waals surface area contributed by atoms with Crippen molar-refractivity contribution in [2.75, 3.05) is 26.7 Å². The molecule has 2 saturated heterocycles. The zero-order valence-corrected chi connectivity index (χ0v) is 17.0. The number of carbonyl (C=O) groups is 2. The van der Waals surface area contributed by atoms with Crippen LogP contribution in [0.4, 0.5) is 0 Å². The van der Waals surface area contributed by atoms with Crippen LogP contribution in [0.2, 0.25) is 0 Å². The highest BCUT2D eigenvalue weighted by Crippen LogP contribution is 2.42. The lowest BCUT2D eigenvalue weighted by molar-refractivity contribution is -0.168. The number of carbonyl (C=O) groups excluding carboxylic acids is 2. The van der Waals surface area contributed by atoms with Crippen LogP contribution in [0.3, 0.4) is 0 Å². The lowest BCUT2D eigenvalue weighted by Gasteiger charge is -2.52. The van der Waals surface area contributed by atoms with E-state index in [1.807, 2.05) is 34.1 Å². The first-order valence-electron chi connectivity index (χ1n) is 10.8. The van der Waals surface area contributed by atoms with Crippen LogP contribution in [0.25, 0.3) is 0 Å². The normalized spacial score (nSPS) is 22.2. The summed E-state index contributed by atoms with van der Waals surface area (Å²) in [4.78, 5) is 29.5. The predicted molar refractivity (Wildman–Crippen MR) is 108 cm³/mol. The van der Waals surface area contributed by atoms with Gasteiger partial charge >= 0.3 is 0 Å². The number of nitrogens with zero attached hydrogens (tertiary/aromatic N) is 2. The van der Waals surface area contributed by atoms with Gasteiger partial charge in [0.2, 0.25) is 11.8 Å². The van der Waals surface area contributed by atoms with Crippen molar-refractivity contribution in [2.24, 2.45) is 11.3 Å². The maximum absolute atomic E-state index is 12.9. The maximum atomic E-state index is 12.9. The molecule has 2 aliphatic heterocycles. The molecule has 1 aromatic rings. The van der Waals surface area contributed by atoms with Gasteiger partial charge < -0.3 is 14.5 Å². The van der Waals surface area contributed by atoms with Crippen LogP contribution in [0.15, 0.2) is 24.3 Å². The molecule has 0 radical (unpaired) electrons. The van der Waals surface area contributed by atoms with Crippen LogP contribution >= 0.6 is 0 Å². The van der Waals surface area contributed by atoms with E-state index in [1.165, 1.54) is 32.1 Å². The van der Waals surface area contributed by atoms with Crippen molar-refractivity contribution in [3.8, 4) is 5.75 Å². The van der Waals surface area contributed by atoms with E-state index in [0.29, 0.717) is 24.8 Å². The summed E-state index contributed by atoms with van der Waals surface area (Å²) in [6.07, 6.45) is 8.66. The summed E-state index contributed by atoms with van der Waals surface area (Å²) in [5.41, 5.74) is 0.915. The molecule has 3 fully saturated rings. The minimum atomic E-state index is -0.214. The van der Waals surface area contributed by atoms with Crippen LogP contribution in [-0.2, 0) is 16.1 Å². The molecule has 1 spiro atoms. The number of amides is 2. The monoisotopic (exact) mass is 384 g/mol. The highest BCUT2D eigenvalue weighted by molar-refractivity contribution is 5.89. The van der Waals surface area contributed by atoms with E-state index in [1.54, 1.807) is 7.11 Å². The van der Waals surface area contributed by atoms with Gasteiger partial charge in [-0.3, -0.25) is 9.59 Å². The predicted octanol–water partition coefficient (Wildman–Crippen LogP) is 3.62. The number of hydrogen-bond acceptors (Lipinski definition) is 3. The first kappa shape index (κ1) is 19.3. The molecule has 0 bridgehead atoms. The van der Waals surface area contributed by atoms with Gasteiger partial charge in [0.1, 0.15) is 5.75 Å². The Labute approximate surface area is 168 Å². The minimum Gasteiger partial charge on any atom is -0.497 e. The molecule has 2 heterocycles. The third-order valence-electron chi connectivity index (χ3n) is 7.03. The van der Waals surface area contributed by atoms with Gasteiger partial charge in [0, 0.05) is 32.6 Å². The van der Waals surface area contributed by atoms with E-state index in [9.17, 15) is 9.59 Å². The third kappa shape index (κ3) is 3.89. The van der Waals surface area contributed by atoms with Crippen LogP contribution in [0, 0.1) is 11.3 Å². The van der Waals surface area contributed by atoms with Gasteiger partial charge in [-0.1, -0.05) is 31.4 Å². The van der Waals surface area contributed by atoms with Gasteiger partial charge in [-0.2, -0.15) is 0 Å². The summed E-state index contributed by atoms with van der Waals surface area (Å²) >= 11 is 0. The number of methoxy groups -OCH3 is 1. The van der Waals surface area contributed by atoms with Crippen molar-refractivity contribution in [1.82, 2.24) is 9.80 Å². The van der Waals surface area contributed by atoms with Crippen molar-refractivity contribution in [3.05, 3.63) is 29.8 Å². The smallest absolute Gasteiger partial charge is 0.231 e. The summed E-state index contributed by atoms with van der Waals surface area (Å²) in [5, 5.41) is 0. The summed E-state index contributed by atoms with van der Waals surface area (Å²) in [5.74, 6) is 1.99. The fraction of sp³-hybridized carbons (Fsp3) is 0.652. The van der Waals surface area contributed by atoms with E-state index in [2.05, 4.69) is 0 Å². The second-order valence-corrected chi connectivity index (χ2v) is 8.88. The van der Waals surface area contributed by atoms with Crippen LogP contribution in [0.1, 0.15) is 56.9 Å². The molecule has 0 N–H and O–H groups in total. The quantitative estimate of drug-likeness (QED) is 0.729. The lowest BCUT2D eigenvalue weighted by Crippen LogP contribution is -2.64. The Morgan fingerprint density at radius 3 is 2.39 bits per heavy atom. The van der Waals surface area contributed by atoms with E-state index in [4.69, 9.17) is 4.74 Å².